The van der Waals surface area contributed by atoms with E-state index in [0.29, 0.717) is 11.3 Å². The zero-order valence-electron chi connectivity index (χ0n) is 21.4. The van der Waals surface area contributed by atoms with Gasteiger partial charge in [-0.15, -0.1) is 0 Å². The highest BCUT2D eigenvalue weighted by Gasteiger charge is 2.31. The van der Waals surface area contributed by atoms with Crippen molar-refractivity contribution in [2.24, 2.45) is 5.92 Å². The summed E-state index contributed by atoms with van der Waals surface area (Å²) in [5.74, 6) is -3.72. The SMILES string of the molecule is CCOC(=O)COc1ccc(C(=O)CC(C(=O)OCC)C(=O)c2ccc(C(=N)NC(=O)OCC)cc2)cc1. The molecular weight excluding hydrogens is 496 g/mol. The van der Waals surface area contributed by atoms with Gasteiger partial charge in [-0.1, -0.05) is 24.3 Å². The number of rotatable bonds is 13. The van der Waals surface area contributed by atoms with E-state index in [0.717, 1.165) is 0 Å². The molecular formula is C27H30N2O9. The van der Waals surface area contributed by atoms with E-state index in [1.165, 1.54) is 48.5 Å². The molecule has 11 nitrogen and oxygen atoms in total. The van der Waals surface area contributed by atoms with Gasteiger partial charge in [0, 0.05) is 23.1 Å². The fourth-order valence-corrected chi connectivity index (χ4v) is 3.25. The van der Waals surface area contributed by atoms with Gasteiger partial charge in [-0.2, -0.15) is 0 Å². The van der Waals surface area contributed by atoms with Gasteiger partial charge in [-0.3, -0.25) is 25.1 Å². The number of nitrogens with one attached hydrogen (secondary N) is 2. The number of carbonyl (C=O) groups is 5. The van der Waals surface area contributed by atoms with Crippen molar-refractivity contribution in [3.8, 4) is 5.75 Å². The number of ketones is 2. The van der Waals surface area contributed by atoms with Crippen LogP contribution in [-0.2, 0) is 23.8 Å². The molecule has 2 N–H and O–H groups in total. The van der Waals surface area contributed by atoms with Crippen LogP contribution in [0.3, 0.4) is 0 Å². The van der Waals surface area contributed by atoms with Crippen molar-refractivity contribution in [3.05, 3.63) is 65.2 Å². The average molecular weight is 527 g/mol. The molecule has 0 bridgehead atoms. The predicted molar refractivity (Wildman–Crippen MR) is 135 cm³/mol. The minimum atomic E-state index is -1.38. The number of benzene rings is 2. The second kappa shape index (κ2) is 14.9. The fraction of sp³-hybridized carbons (Fsp3) is 0.333. The highest BCUT2D eigenvalue weighted by molar-refractivity contribution is 6.13. The average Bonchev–Trinajstić information content (AvgIpc) is 2.90. The molecule has 11 heteroatoms. The van der Waals surface area contributed by atoms with Gasteiger partial charge < -0.3 is 18.9 Å². The Morgan fingerprint density at radius 3 is 1.89 bits per heavy atom. The molecule has 0 fully saturated rings. The monoisotopic (exact) mass is 526 g/mol. The van der Waals surface area contributed by atoms with Crippen LogP contribution in [-0.4, -0.2) is 61.9 Å². The Morgan fingerprint density at radius 2 is 1.32 bits per heavy atom. The zero-order valence-corrected chi connectivity index (χ0v) is 21.4. The lowest BCUT2D eigenvalue weighted by Crippen LogP contribution is -2.31. The lowest BCUT2D eigenvalue weighted by atomic mass is 9.90. The fourth-order valence-electron chi connectivity index (χ4n) is 3.25. The number of esters is 2. The molecule has 0 aliphatic heterocycles. The molecule has 0 heterocycles. The number of amides is 1. The van der Waals surface area contributed by atoms with Crippen molar-refractivity contribution in [1.82, 2.24) is 5.32 Å². The van der Waals surface area contributed by atoms with Gasteiger partial charge >= 0.3 is 18.0 Å². The summed E-state index contributed by atoms with van der Waals surface area (Å²) in [6.07, 6.45) is -1.21. The molecule has 2 rings (SSSR count). The molecule has 0 aliphatic carbocycles. The summed E-state index contributed by atoms with van der Waals surface area (Å²) < 4.78 is 19.9. The molecule has 38 heavy (non-hydrogen) atoms. The topological polar surface area (TPSA) is 158 Å². The van der Waals surface area contributed by atoms with Crippen molar-refractivity contribution in [3.63, 3.8) is 0 Å². The molecule has 1 atom stereocenters. The molecule has 1 unspecified atom stereocenters. The molecule has 202 valence electrons. The number of hydrogen-bond acceptors (Lipinski definition) is 10. The third-order valence-electron chi connectivity index (χ3n) is 5.08. The molecule has 0 saturated carbocycles. The van der Waals surface area contributed by atoms with Crippen molar-refractivity contribution in [2.75, 3.05) is 26.4 Å². The van der Waals surface area contributed by atoms with E-state index in [4.69, 9.17) is 24.4 Å². The number of hydrogen-bond donors (Lipinski definition) is 2. The summed E-state index contributed by atoms with van der Waals surface area (Å²) >= 11 is 0. The van der Waals surface area contributed by atoms with Crippen LogP contribution in [0.1, 0.15) is 53.5 Å². The number of alkyl carbamates (subject to hydrolysis) is 1. The van der Waals surface area contributed by atoms with E-state index in [1.54, 1.807) is 20.8 Å². The summed E-state index contributed by atoms with van der Waals surface area (Å²) in [6.45, 7) is 5.03. The maximum Gasteiger partial charge on any atom is 0.412 e. The highest BCUT2D eigenvalue weighted by Crippen LogP contribution is 2.20. The molecule has 0 aliphatic rings. The van der Waals surface area contributed by atoms with Gasteiger partial charge in [0.2, 0.25) is 0 Å². The van der Waals surface area contributed by atoms with Crippen molar-refractivity contribution in [1.29, 1.82) is 5.41 Å². The van der Waals surface area contributed by atoms with Gasteiger partial charge in [0.1, 0.15) is 17.5 Å². The van der Waals surface area contributed by atoms with Crippen molar-refractivity contribution in [2.45, 2.75) is 27.2 Å². The molecule has 2 aromatic rings. The van der Waals surface area contributed by atoms with Crippen LogP contribution in [0, 0.1) is 11.3 Å². The predicted octanol–water partition coefficient (Wildman–Crippen LogP) is 3.33. The third-order valence-corrected chi connectivity index (χ3v) is 5.08. The van der Waals surface area contributed by atoms with Crippen molar-refractivity contribution < 1.29 is 42.9 Å². The Kier molecular flexibility index (Phi) is 11.6. The summed E-state index contributed by atoms with van der Waals surface area (Å²) in [4.78, 5) is 61.6. The van der Waals surface area contributed by atoms with E-state index < -0.39 is 41.9 Å². The van der Waals surface area contributed by atoms with Gasteiger partial charge in [-0.25, -0.2) is 9.59 Å². The first-order chi connectivity index (χ1) is 18.2. The van der Waals surface area contributed by atoms with Crippen molar-refractivity contribution >= 4 is 35.4 Å². The van der Waals surface area contributed by atoms with E-state index >= 15 is 0 Å². The Morgan fingerprint density at radius 1 is 0.763 bits per heavy atom. The minimum absolute atomic E-state index is 0.0267. The first kappa shape index (κ1) is 29.7. The molecule has 0 saturated heterocycles. The van der Waals surface area contributed by atoms with Gasteiger partial charge in [0.05, 0.1) is 19.8 Å². The number of ether oxygens (including phenoxy) is 4. The molecule has 0 spiro atoms. The molecule has 2 aromatic carbocycles. The van der Waals surface area contributed by atoms with E-state index in [1.807, 2.05) is 0 Å². The molecule has 0 aromatic heterocycles. The molecule has 0 radical (unpaired) electrons. The first-order valence-electron chi connectivity index (χ1n) is 11.9. The molecule has 1 amide bonds. The van der Waals surface area contributed by atoms with E-state index in [-0.39, 0.29) is 43.4 Å². The Bertz CT molecular complexity index is 1160. The summed E-state index contributed by atoms with van der Waals surface area (Å²) in [7, 11) is 0. The number of Topliss-reactive ketones (excluding diaryl/α,β-unsaturated/α-hetero) is 2. The number of amidine groups is 1. The zero-order chi connectivity index (χ0) is 28.1. The first-order valence-corrected chi connectivity index (χ1v) is 11.9. The van der Waals surface area contributed by atoms with Gasteiger partial charge in [-0.05, 0) is 45.0 Å². The summed E-state index contributed by atoms with van der Waals surface area (Å²) in [5.41, 5.74) is 0.680. The Hall–Kier alpha value is -4.54. The minimum Gasteiger partial charge on any atom is -0.482 e. The lowest BCUT2D eigenvalue weighted by Gasteiger charge is -2.15. The Labute approximate surface area is 219 Å². The van der Waals surface area contributed by atoms with Crippen LogP contribution in [0.25, 0.3) is 0 Å². The smallest absolute Gasteiger partial charge is 0.412 e. The largest absolute Gasteiger partial charge is 0.482 e. The standard InChI is InChI=1S/C27H30N2O9/c1-4-35-23(31)16-38-20-13-11-17(12-14-20)22(30)15-21(26(33)36-5-2)24(32)18-7-9-19(10-8-18)25(28)29-27(34)37-6-3/h7-14,21H,4-6,15-16H2,1-3H3,(H2,28,29,34). The van der Waals surface area contributed by atoms with Crippen LogP contribution in [0.2, 0.25) is 0 Å². The quantitative estimate of drug-likeness (QED) is 0.0997. The second-order valence-electron chi connectivity index (χ2n) is 7.71. The summed E-state index contributed by atoms with van der Waals surface area (Å²) in [6, 6.07) is 11.6. The Balaban J connectivity index is 2.12. The maximum atomic E-state index is 13.2. The van der Waals surface area contributed by atoms with Crippen LogP contribution >= 0.6 is 0 Å². The normalized spacial score (nSPS) is 11.0. The maximum absolute atomic E-state index is 13.2. The van der Waals surface area contributed by atoms with Crippen LogP contribution in [0.5, 0.6) is 5.75 Å². The van der Waals surface area contributed by atoms with E-state index in [9.17, 15) is 24.0 Å². The van der Waals surface area contributed by atoms with Gasteiger partial charge in [0.25, 0.3) is 0 Å². The van der Waals surface area contributed by atoms with Crippen LogP contribution in [0.4, 0.5) is 4.79 Å². The summed E-state index contributed by atoms with van der Waals surface area (Å²) in [5, 5.41) is 10.2. The van der Waals surface area contributed by atoms with E-state index in [2.05, 4.69) is 5.32 Å². The third kappa shape index (κ3) is 8.84. The highest BCUT2D eigenvalue weighted by atomic mass is 16.6. The number of carbonyl (C=O) groups excluding carboxylic acids is 5. The van der Waals surface area contributed by atoms with Crippen LogP contribution in [0.15, 0.2) is 48.5 Å². The van der Waals surface area contributed by atoms with Crippen LogP contribution < -0.4 is 10.1 Å². The second-order valence-corrected chi connectivity index (χ2v) is 7.71. The van der Waals surface area contributed by atoms with Gasteiger partial charge in [0.15, 0.2) is 18.2 Å². The lowest BCUT2D eigenvalue weighted by molar-refractivity contribution is -0.146.